The standard InChI is InChI=1S/C21H20ClN5O3S/c22-16-5-7-17(8-6-16)31(29,30)25-19-4-2-1-3-18(19)21(28)27-13-11-26(12-14-27)20-15-23-9-10-24-20/h1-10,15,25H,11-14H2. The molecule has 1 fully saturated rings. The topological polar surface area (TPSA) is 95.5 Å². The van der Waals surface area contributed by atoms with Crippen molar-refractivity contribution in [3.8, 4) is 0 Å². The Hall–Kier alpha value is -3.17. The minimum atomic E-state index is -3.86. The predicted molar refractivity (Wildman–Crippen MR) is 119 cm³/mol. The molecule has 4 rings (SSSR count). The highest BCUT2D eigenvalue weighted by Crippen LogP contribution is 2.23. The molecule has 8 nitrogen and oxygen atoms in total. The van der Waals surface area contributed by atoms with Crippen LogP contribution < -0.4 is 9.62 Å². The Labute approximate surface area is 185 Å². The Kier molecular flexibility index (Phi) is 6.06. The fourth-order valence-electron chi connectivity index (χ4n) is 3.34. The number of hydrogen-bond acceptors (Lipinski definition) is 6. The molecule has 0 bridgehead atoms. The van der Waals surface area contributed by atoms with E-state index in [0.29, 0.717) is 36.8 Å². The van der Waals surface area contributed by atoms with Gasteiger partial charge in [0.2, 0.25) is 0 Å². The number of sulfonamides is 1. The second-order valence-electron chi connectivity index (χ2n) is 6.95. The van der Waals surface area contributed by atoms with Gasteiger partial charge in [0.05, 0.1) is 22.3 Å². The Morgan fingerprint density at radius 2 is 1.68 bits per heavy atom. The number of carbonyl (C=O) groups is 1. The van der Waals surface area contributed by atoms with Gasteiger partial charge in [-0.05, 0) is 36.4 Å². The van der Waals surface area contributed by atoms with Crippen LogP contribution in [0.3, 0.4) is 0 Å². The summed E-state index contributed by atoms with van der Waals surface area (Å²) in [5.41, 5.74) is 0.534. The second kappa shape index (κ2) is 8.91. The summed E-state index contributed by atoms with van der Waals surface area (Å²) in [6, 6.07) is 12.4. The van der Waals surface area contributed by atoms with Gasteiger partial charge < -0.3 is 9.80 Å². The molecule has 1 aliphatic heterocycles. The Morgan fingerprint density at radius 3 is 2.35 bits per heavy atom. The third kappa shape index (κ3) is 4.78. The summed E-state index contributed by atoms with van der Waals surface area (Å²) in [5.74, 6) is 0.541. The molecule has 1 aromatic heterocycles. The maximum atomic E-state index is 13.2. The lowest BCUT2D eigenvalue weighted by atomic mass is 10.1. The number of piperazine rings is 1. The maximum absolute atomic E-state index is 13.2. The minimum absolute atomic E-state index is 0.0664. The molecule has 10 heteroatoms. The first-order valence-electron chi connectivity index (χ1n) is 9.62. The summed E-state index contributed by atoms with van der Waals surface area (Å²) in [4.78, 5) is 25.4. The lowest BCUT2D eigenvalue weighted by Crippen LogP contribution is -2.49. The molecule has 0 spiro atoms. The molecule has 1 aliphatic rings. The lowest BCUT2D eigenvalue weighted by molar-refractivity contribution is 0.0747. The largest absolute Gasteiger partial charge is 0.352 e. The average Bonchev–Trinajstić information content (AvgIpc) is 2.80. The molecule has 2 heterocycles. The number of rotatable bonds is 5. The zero-order valence-corrected chi connectivity index (χ0v) is 18.1. The van der Waals surface area contributed by atoms with Gasteiger partial charge >= 0.3 is 0 Å². The molecule has 0 aliphatic carbocycles. The normalized spacial score (nSPS) is 14.4. The fraction of sp³-hybridized carbons (Fsp3) is 0.190. The maximum Gasteiger partial charge on any atom is 0.261 e. The Bertz CT molecular complexity index is 1170. The van der Waals surface area contributed by atoms with Crippen molar-refractivity contribution in [3.05, 3.63) is 77.7 Å². The molecule has 0 saturated carbocycles. The van der Waals surface area contributed by atoms with Crippen LogP contribution in [0.5, 0.6) is 0 Å². The number of carbonyl (C=O) groups excluding carboxylic acids is 1. The molecule has 160 valence electrons. The summed E-state index contributed by atoms with van der Waals surface area (Å²) >= 11 is 5.85. The van der Waals surface area contributed by atoms with Crippen LogP contribution >= 0.6 is 11.6 Å². The quantitative estimate of drug-likeness (QED) is 0.633. The van der Waals surface area contributed by atoms with E-state index < -0.39 is 10.0 Å². The molecule has 1 saturated heterocycles. The van der Waals surface area contributed by atoms with E-state index in [1.54, 1.807) is 47.8 Å². The van der Waals surface area contributed by atoms with Crippen LogP contribution in [0.2, 0.25) is 5.02 Å². The number of nitrogens with zero attached hydrogens (tertiary/aromatic N) is 4. The number of anilines is 2. The Morgan fingerprint density at radius 1 is 0.968 bits per heavy atom. The van der Waals surface area contributed by atoms with Crippen molar-refractivity contribution < 1.29 is 13.2 Å². The van der Waals surface area contributed by atoms with E-state index in [1.165, 1.54) is 24.3 Å². The molecule has 31 heavy (non-hydrogen) atoms. The van der Waals surface area contributed by atoms with Gasteiger partial charge in [-0.2, -0.15) is 0 Å². The van der Waals surface area contributed by atoms with Crippen LogP contribution in [0.15, 0.2) is 72.0 Å². The van der Waals surface area contributed by atoms with Crippen molar-refractivity contribution in [2.24, 2.45) is 0 Å². The summed E-state index contributed by atoms with van der Waals surface area (Å²) in [6.07, 6.45) is 4.94. The first-order chi connectivity index (χ1) is 14.9. The summed E-state index contributed by atoms with van der Waals surface area (Å²) < 4.78 is 28.1. The highest BCUT2D eigenvalue weighted by atomic mass is 35.5. The fourth-order valence-corrected chi connectivity index (χ4v) is 4.55. The van der Waals surface area contributed by atoms with Crippen molar-refractivity contribution in [1.29, 1.82) is 0 Å². The van der Waals surface area contributed by atoms with Gasteiger partial charge in [-0.15, -0.1) is 0 Å². The molecule has 0 unspecified atom stereocenters. The minimum Gasteiger partial charge on any atom is -0.352 e. The van der Waals surface area contributed by atoms with Crippen molar-refractivity contribution in [3.63, 3.8) is 0 Å². The van der Waals surface area contributed by atoms with Crippen molar-refractivity contribution in [2.75, 3.05) is 35.8 Å². The lowest BCUT2D eigenvalue weighted by Gasteiger charge is -2.35. The van der Waals surface area contributed by atoms with E-state index in [9.17, 15) is 13.2 Å². The van der Waals surface area contributed by atoms with Crippen LogP contribution in [-0.2, 0) is 10.0 Å². The molecule has 0 atom stereocenters. The monoisotopic (exact) mass is 457 g/mol. The molecular formula is C21H20ClN5O3S. The molecule has 1 N–H and O–H groups in total. The van der Waals surface area contributed by atoms with Crippen molar-refractivity contribution in [1.82, 2.24) is 14.9 Å². The first-order valence-corrected chi connectivity index (χ1v) is 11.5. The number of hydrogen-bond donors (Lipinski definition) is 1. The van der Waals surface area contributed by atoms with Crippen LogP contribution in [0.25, 0.3) is 0 Å². The summed E-state index contributed by atoms with van der Waals surface area (Å²) in [6.45, 7) is 2.22. The third-order valence-corrected chi connectivity index (χ3v) is 6.60. The third-order valence-electron chi connectivity index (χ3n) is 4.97. The van der Waals surface area contributed by atoms with E-state index in [2.05, 4.69) is 19.6 Å². The van der Waals surface area contributed by atoms with E-state index in [4.69, 9.17) is 11.6 Å². The predicted octanol–water partition coefficient (Wildman–Crippen LogP) is 2.89. The molecular weight excluding hydrogens is 438 g/mol. The number of para-hydroxylation sites is 1. The first kappa shape index (κ1) is 21.1. The van der Waals surface area contributed by atoms with Gasteiger partial charge in [0.25, 0.3) is 15.9 Å². The number of amides is 1. The van der Waals surface area contributed by atoms with Crippen molar-refractivity contribution >= 4 is 39.0 Å². The average molecular weight is 458 g/mol. The highest BCUT2D eigenvalue weighted by molar-refractivity contribution is 7.92. The van der Waals surface area contributed by atoms with Crippen LogP contribution in [-0.4, -0.2) is 55.4 Å². The second-order valence-corrected chi connectivity index (χ2v) is 9.07. The van der Waals surface area contributed by atoms with Gasteiger partial charge in [-0.25, -0.2) is 13.4 Å². The zero-order chi connectivity index (χ0) is 21.8. The molecule has 1 amide bonds. The van der Waals surface area contributed by atoms with Gasteiger partial charge in [0.1, 0.15) is 5.82 Å². The van der Waals surface area contributed by atoms with Gasteiger partial charge in [-0.1, -0.05) is 23.7 Å². The van der Waals surface area contributed by atoms with E-state index in [-0.39, 0.29) is 16.5 Å². The van der Waals surface area contributed by atoms with Gasteiger partial charge in [0, 0.05) is 43.6 Å². The van der Waals surface area contributed by atoms with E-state index in [1.807, 2.05) is 0 Å². The summed E-state index contributed by atoms with van der Waals surface area (Å²) in [5, 5.41) is 0.440. The van der Waals surface area contributed by atoms with Crippen LogP contribution in [0.1, 0.15) is 10.4 Å². The zero-order valence-electron chi connectivity index (χ0n) is 16.5. The molecule has 3 aromatic rings. The number of halogens is 1. The number of aromatic nitrogens is 2. The van der Waals surface area contributed by atoms with Gasteiger partial charge in [0.15, 0.2) is 0 Å². The Balaban J connectivity index is 1.49. The van der Waals surface area contributed by atoms with E-state index in [0.717, 1.165) is 5.82 Å². The molecule has 2 aromatic carbocycles. The number of benzene rings is 2. The summed E-state index contributed by atoms with van der Waals surface area (Å²) in [7, 11) is -3.86. The SMILES string of the molecule is O=C(c1ccccc1NS(=O)(=O)c1ccc(Cl)cc1)N1CCN(c2cnccn2)CC1. The van der Waals surface area contributed by atoms with Crippen LogP contribution in [0.4, 0.5) is 11.5 Å². The van der Waals surface area contributed by atoms with Crippen LogP contribution in [0, 0.1) is 0 Å². The van der Waals surface area contributed by atoms with Crippen molar-refractivity contribution in [2.45, 2.75) is 4.90 Å². The smallest absolute Gasteiger partial charge is 0.261 e. The van der Waals surface area contributed by atoms with Gasteiger partial charge in [-0.3, -0.25) is 14.5 Å². The number of nitrogens with one attached hydrogen (secondary N) is 1. The van der Waals surface area contributed by atoms with E-state index >= 15 is 0 Å². The molecule has 0 radical (unpaired) electrons. The highest BCUT2D eigenvalue weighted by Gasteiger charge is 2.26.